The van der Waals surface area contributed by atoms with Crippen LogP contribution in [0.15, 0.2) is 9.70 Å². The predicted molar refractivity (Wildman–Crippen MR) is 154 cm³/mol. The lowest BCUT2D eigenvalue weighted by Gasteiger charge is -2.36. The van der Waals surface area contributed by atoms with E-state index in [9.17, 15) is 14.9 Å². The topological polar surface area (TPSA) is 69.3 Å². The molecule has 1 aromatic rings. The Labute approximate surface area is 225 Å². The Morgan fingerprint density at radius 1 is 1.11 bits per heavy atom. The second-order valence-corrected chi connectivity index (χ2v) is 11.8. The molecule has 3 rings (SSSR count). The lowest BCUT2D eigenvalue weighted by atomic mass is 9.98. The fourth-order valence-electron chi connectivity index (χ4n) is 5.09. The molecular weight excluding hydrogens is 488 g/mol. The summed E-state index contributed by atoms with van der Waals surface area (Å²) in [6.07, 6.45) is 11.5. The average molecular weight is 529 g/mol. The van der Waals surface area contributed by atoms with E-state index in [0.29, 0.717) is 33.8 Å². The number of hydrogen-bond acceptors (Lipinski definition) is 6. The first-order chi connectivity index (χ1) is 17.3. The van der Waals surface area contributed by atoms with Crippen molar-refractivity contribution in [2.24, 2.45) is 5.92 Å². The Balaban J connectivity index is 2.05. The van der Waals surface area contributed by atoms with E-state index >= 15 is 0 Å². The second-order valence-electron chi connectivity index (χ2n) is 10.1. The number of unbranched alkanes of at least 4 members (excludes halogenated alkanes) is 5. The maximum absolute atomic E-state index is 13.4. The summed E-state index contributed by atoms with van der Waals surface area (Å²) in [5.74, 6) is 1.30. The van der Waals surface area contributed by atoms with Gasteiger partial charge in [0.05, 0.1) is 4.91 Å². The Bertz CT molecular complexity index is 1100. The number of thioether (sulfide) groups is 1. The SMILES string of the molecule is CCCCCCCN1C(=O)C(=Cc2c(C)c(C#N)c(=O)n(CCCC)c2N2CCCC(C)C2)SC1=S. The zero-order chi connectivity index (χ0) is 26.2. The van der Waals surface area contributed by atoms with Gasteiger partial charge in [-0.3, -0.25) is 19.1 Å². The molecule has 2 fully saturated rings. The van der Waals surface area contributed by atoms with Crippen LogP contribution in [0.25, 0.3) is 6.08 Å². The highest BCUT2D eigenvalue weighted by Crippen LogP contribution is 2.37. The molecule has 8 heteroatoms. The first-order valence-corrected chi connectivity index (χ1v) is 14.7. The summed E-state index contributed by atoms with van der Waals surface area (Å²) in [7, 11) is 0. The van der Waals surface area contributed by atoms with Gasteiger partial charge >= 0.3 is 0 Å². The third kappa shape index (κ3) is 6.41. The molecule has 0 radical (unpaired) electrons. The van der Waals surface area contributed by atoms with Gasteiger partial charge in [0.2, 0.25) is 0 Å². The summed E-state index contributed by atoms with van der Waals surface area (Å²) in [6.45, 7) is 11.3. The predicted octanol–water partition coefficient (Wildman–Crippen LogP) is 6.24. The van der Waals surface area contributed by atoms with Crippen molar-refractivity contribution in [1.82, 2.24) is 9.47 Å². The standard InChI is InChI=1S/C28H40N4O2S2/c1-5-7-9-10-11-16-32-27(34)24(36-28(32)35)17-22-21(4)23(18-29)26(33)31(15-8-6-2)25(22)30-14-12-13-20(3)19-30/h17,20H,5-16,19H2,1-4H3. The van der Waals surface area contributed by atoms with Crippen LogP contribution in [-0.4, -0.2) is 39.3 Å². The minimum Gasteiger partial charge on any atom is -0.357 e. The summed E-state index contributed by atoms with van der Waals surface area (Å²) in [5.41, 5.74) is 1.39. The smallest absolute Gasteiger partial charge is 0.270 e. The number of piperidine rings is 1. The molecule has 0 spiro atoms. The molecule has 1 amide bonds. The summed E-state index contributed by atoms with van der Waals surface area (Å²) in [5, 5.41) is 9.87. The molecular formula is C28H40N4O2S2. The van der Waals surface area contributed by atoms with E-state index in [1.165, 1.54) is 31.0 Å². The van der Waals surface area contributed by atoms with E-state index in [1.54, 1.807) is 9.47 Å². The minimum atomic E-state index is -0.228. The van der Waals surface area contributed by atoms with Gasteiger partial charge in [0.1, 0.15) is 21.8 Å². The Morgan fingerprint density at radius 2 is 1.83 bits per heavy atom. The Morgan fingerprint density at radius 3 is 2.50 bits per heavy atom. The number of aromatic nitrogens is 1. The van der Waals surface area contributed by atoms with Crippen LogP contribution in [-0.2, 0) is 11.3 Å². The number of carbonyl (C=O) groups is 1. The molecule has 0 aromatic carbocycles. The van der Waals surface area contributed by atoms with Gasteiger partial charge in [0.25, 0.3) is 11.5 Å². The summed E-state index contributed by atoms with van der Waals surface area (Å²) in [6, 6.07) is 2.15. The minimum absolute atomic E-state index is 0.0670. The first kappa shape index (κ1) is 28.5. The van der Waals surface area contributed by atoms with Crippen molar-refractivity contribution in [3.63, 3.8) is 0 Å². The van der Waals surface area contributed by atoms with Crippen LogP contribution >= 0.6 is 24.0 Å². The number of anilines is 1. The molecule has 1 atom stereocenters. The number of nitriles is 1. The number of amides is 1. The van der Waals surface area contributed by atoms with Crippen LogP contribution in [0.4, 0.5) is 5.82 Å². The van der Waals surface area contributed by atoms with E-state index in [0.717, 1.165) is 63.0 Å². The molecule has 6 nitrogen and oxygen atoms in total. The third-order valence-corrected chi connectivity index (χ3v) is 8.55. The molecule has 1 unspecified atom stereocenters. The van der Waals surface area contributed by atoms with Crippen LogP contribution in [0.5, 0.6) is 0 Å². The molecule has 1 aromatic heterocycles. The Hall–Kier alpha value is -2.11. The van der Waals surface area contributed by atoms with Crippen molar-refractivity contribution in [2.45, 2.75) is 92.0 Å². The lowest BCUT2D eigenvalue weighted by Crippen LogP contribution is -2.40. The molecule has 0 bridgehead atoms. The van der Waals surface area contributed by atoms with Gasteiger partial charge in [-0.15, -0.1) is 0 Å². The average Bonchev–Trinajstić information content (AvgIpc) is 3.12. The number of pyridine rings is 1. The number of thiocarbonyl (C=S) groups is 1. The van der Waals surface area contributed by atoms with Gasteiger partial charge in [-0.05, 0) is 50.2 Å². The summed E-state index contributed by atoms with van der Waals surface area (Å²) in [4.78, 5) is 31.4. The molecule has 196 valence electrons. The van der Waals surface area contributed by atoms with E-state index in [1.807, 2.05) is 13.0 Å². The van der Waals surface area contributed by atoms with E-state index in [2.05, 4.69) is 31.7 Å². The number of rotatable bonds is 11. The maximum atomic E-state index is 13.4. The largest absolute Gasteiger partial charge is 0.357 e. The monoisotopic (exact) mass is 528 g/mol. The van der Waals surface area contributed by atoms with Crippen molar-refractivity contribution in [2.75, 3.05) is 24.5 Å². The molecule has 0 N–H and O–H groups in total. The van der Waals surface area contributed by atoms with Crippen molar-refractivity contribution in [3.05, 3.63) is 31.9 Å². The zero-order valence-corrected chi connectivity index (χ0v) is 23.9. The van der Waals surface area contributed by atoms with Crippen LogP contribution in [0.3, 0.4) is 0 Å². The van der Waals surface area contributed by atoms with Crippen molar-refractivity contribution in [3.8, 4) is 6.07 Å². The highest BCUT2D eigenvalue weighted by atomic mass is 32.2. The Kier molecular flexibility index (Phi) is 10.6. The molecule has 3 heterocycles. The van der Waals surface area contributed by atoms with Crippen molar-refractivity contribution >= 4 is 46.1 Å². The van der Waals surface area contributed by atoms with E-state index < -0.39 is 0 Å². The fraction of sp³-hybridized carbons (Fsp3) is 0.643. The van der Waals surface area contributed by atoms with Gasteiger partial charge in [0, 0.05) is 31.7 Å². The van der Waals surface area contributed by atoms with Crippen molar-refractivity contribution in [1.29, 1.82) is 5.26 Å². The van der Waals surface area contributed by atoms with Gasteiger partial charge in [0.15, 0.2) is 0 Å². The molecule has 0 aliphatic carbocycles. The summed E-state index contributed by atoms with van der Waals surface area (Å²) < 4.78 is 2.38. The summed E-state index contributed by atoms with van der Waals surface area (Å²) >= 11 is 6.91. The molecule has 2 saturated heterocycles. The lowest BCUT2D eigenvalue weighted by molar-refractivity contribution is -0.122. The van der Waals surface area contributed by atoms with E-state index in [-0.39, 0.29) is 17.0 Å². The molecule has 2 aliphatic heterocycles. The molecule has 36 heavy (non-hydrogen) atoms. The second kappa shape index (κ2) is 13.4. The van der Waals surface area contributed by atoms with Gasteiger partial charge in [-0.2, -0.15) is 5.26 Å². The van der Waals surface area contributed by atoms with Gasteiger partial charge in [-0.25, -0.2) is 0 Å². The van der Waals surface area contributed by atoms with Crippen LogP contribution in [0.2, 0.25) is 0 Å². The third-order valence-electron chi connectivity index (χ3n) is 7.17. The molecule has 2 aliphatic rings. The van der Waals surface area contributed by atoms with Gasteiger partial charge in [-0.1, -0.05) is 76.9 Å². The molecule has 0 saturated carbocycles. The number of carbonyl (C=O) groups excluding carboxylic acids is 1. The highest BCUT2D eigenvalue weighted by molar-refractivity contribution is 8.26. The van der Waals surface area contributed by atoms with Crippen LogP contribution in [0.1, 0.15) is 95.2 Å². The van der Waals surface area contributed by atoms with E-state index in [4.69, 9.17) is 12.2 Å². The van der Waals surface area contributed by atoms with Crippen LogP contribution in [0, 0.1) is 24.2 Å². The van der Waals surface area contributed by atoms with Crippen LogP contribution < -0.4 is 10.5 Å². The normalized spacial score (nSPS) is 19.4. The quantitative estimate of drug-likeness (QED) is 0.192. The fourth-order valence-corrected chi connectivity index (χ4v) is 6.38. The zero-order valence-electron chi connectivity index (χ0n) is 22.3. The first-order valence-electron chi connectivity index (χ1n) is 13.5. The number of nitrogens with zero attached hydrogens (tertiary/aromatic N) is 4. The van der Waals surface area contributed by atoms with Gasteiger partial charge < -0.3 is 4.90 Å². The highest BCUT2D eigenvalue weighted by Gasteiger charge is 2.33. The maximum Gasteiger partial charge on any atom is 0.270 e. The van der Waals surface area contributed by atoms with Crippen molar-refractivity contribution < 1.29 is 4.79 Å². The number of hydrogen-bond donors (Lipinski definition) is 0.